The summed E-state index contributed by atoms with van der Waals surface area (Å²) in [5.74, 6) is -1.11. The highest BCUT2D eigenvalue weighted by molar-refractivity contribution is 5.73. The van der Waals surface area contributed by atoms with E-state index in [1.54, 1.807) is 0 Å². The second-order valence-corrected chi connectivity index (χ2v) is 3.61. The molecule has 0 bridgehead atoms. The van der Waals surface area contributed by atoms with E-state index in [9.17, 15) is 13.6 Å². The Kier molecular flexibility index (Phi) is 8.01. The molecule has 1 atom stereocenters. The van der Waals surface area contributed by atoms with E-state index in [1.807, 2.05) is 6.92 Å². The van der Waals surface area contributed by atoms with E-state index in [0.29, 0.717) is 12.8 Å². The number of aliphatic hydroxyl groups is 1. The average Bonchev–Trinajstić information content (AvgIpc) is 2.17. The molecule has 4 nitrogen and oxygen atoms in total. The van der Waals surface area contributed by atoms with Crippen LogP contribution in [0, 0.1) is 0 Å². The maximum absolute atomic E-state index is 12.2. The molecule has 0 heterocycles. The number of nitrogens with zero attached hydrogens (tertiary/aromatic N) is 1. The lowest BCUT2D eigenvalue weighted by Gasteiger charge is -2.27. The van der Waals surface area contributed by atoms with Crippen molar-refractivity contribution >= 4 is 5.97 Å². The maximum atomic E-state index is 12.2. The maximum Gasteiger partial charge on any atom is 0.320 e. The Hall–Kier alpha value is -0.750. The molecule has 0 fully saturated rings. The molecule has 0 aromatic rings. The van der Waals surface area contributed by atoms with Gasteiger partial charge in [0.25, 0.3) is 6.43 Å². The molecule has 0 radical (unpaired) electrons. The largest absolute Gasteiger partial charge is 0.480 e. The van der Waals surface area contributed by atoms with Crippen molar-refractivity contribution in [2.24, 2.45) is 0 Å². The third kappa shape index (κ3) is 5.97. The monoisotopic (exact) mass is 239 g/mol. The van der Waals surface area contributed by atoms with Gasteiger partial charge in [0, 0.05) is 6.54 Å². The number of aliphatic carboxylic acids is 1. The van der Waals surface area contributed by atoms with Gasteiger partial charge >= 0.3 is 5.97 Å². The van der Waals surface area contributed by atoms with Crippen LogP contribution in [0.4, 0.5) is 8.78 Å². The van der Waals surface area contributed by atoms with Gasteiger partial charge in [-0.15, -0.1) is 0 Å². The van der Waals surface area contributed by atoms with Crippen LogP contribution in [0.15, 0.2) is 0 Å². The van der Waals surface area contributed by atoms with Crippen molar-refractivity contribution in [1.29, 1.82) is 0 Å². The van der Waals surface area contributed by atoms with Crippen LogP contribution < -0.4 is 0 Å². The highest BCUT2D eigenvalue weighted by Crippen LogP contribution is 2.11. The molecule has 96 valence electrons. The lowest BCUT2D eigenvalue weighted by molar-refractivity contribution is -0.144. The molecule has 16 heavy (non-hydrogen) atoms. The standard InChI is InChI=1S/C10H19F2NO3/c1-2-3-4-8(10(15)16)13(5-6-14)7-9(11)12/h8-9,14H,2-7H2,1H3,(H,15,16). The molecule has 0 saturated carbocycles. The van der Waals surface area contributed by atoms with Crippen LogP contribution in [0.25, 0.3) is 0 Å². The first-order chi connectivity index (χ1) is 7.52. The molecule has 6 heteroatoms. The lowest BCUT2D eigenvalue weighted by atomic mass is 10.1. The zero-order chi connectivity index (χ0) is 12.6. The Bertz CT molecular complexity index is 203. The molecule has 0 aliphatic rings. The normalized spacial score (nSPS) is 13.4. The SMILES string of the molecule is CCCCC(C(=O)O)N(CCO)CC(F)F. The number of hydrogen-bond acceptors (Lipinski definition) is 3. The second kappa shape index (κ2) is 8.41. The minimum atomic E-state index is -2.59. The molecule has 0 aliphatic heterocycles. The molecule has 0 aliphatic carbocycles. The predicted octanol–water partition coefficient (Wildman–Crippen LogP) is 1.19. The number of alkyl halides is 2. The quantitative estimate of drug-likeness (QED) is 0.634. The summed E-state index contributed by atoms with van der Waals surface area (Å²) in [4.78, 5) is 12.1. The molecule has 0 spiro atoms. The van der Waals surface area contributed by atoms with Gasteiger partial charge in [0.15, 0.2) is 0 Å². The van der Waals surface area contributed by atoms with Gasteiger partial charge in [0.1, 0.15) is 6.04 Å². The van der Waals surface area contributed by atoms with Gasteiger partial charge in [0.05, 0.1) is 13.2 Å². The van der Waals surface area contributed by atoms with Crippen molar-refractivity contribution in [3.63, 3.8) is 0 Å². The van der Waals surface area contributed by atoms with Gasteiger partial charge in [-0.1, -0.05) is 19.8 Å². The fourth-order valence-corrected chi connectivity index (χ4v) is 1.54. The van der Waals surface area contributed by atoms with Gasteiger partial charge in [-0.2, -0.15) is 0 Å². The van der Waals surface area contributed by atoms with E-state index in [1.165, 1.54) is 0 Å². The first-order valence-corrected chi connectivity index (χ1v) is 5.38. The van der Waals surface area contributed by atoms with Crippen LogP contribution in [0.5, 0.6) is 0 Å². The van der Waals surface area contributed by atoms with Crippen LogP contribution in [-0.4, -0.2) is 53.2 Å². The Morgan fingerprint density at radius 3 is 2.44 bits per heavy atom. The highest BCUT2D eigenvalue weighted by atomic mass is 19.3. The van der Waals surface area contributed by atoms with Crippen molar-refractivity contribution in [3.8, 4) is 0 Å². The molecule has 0 amide bonds. The van der Waals surface area contributed by atoms with Gasteiger partial charge in [-0.3, -0.25) is 9.69 Å². The highest BCUT2D eigenvalue weighted by Gasteiger charge is 2.26. The van der Waals surface area contributed by atoms with Gasteiger partial charge < -0.3 is 10.2 Å². The molecule has 1 unspecified atom stereocenters. The van der Waals surface area contributed by atoms with Crippen molar-refractivity contribution in [2.75, 3.05) is 19.7 Å². The number of carbonyl (C=O) groups is 1. The molecule has 0 aromatic heterocycles. The lowest BCUT2D eigenvalue weighted by Crippen LogP contribution is -2.45. The Labute approximate surface area is 93.9 Å². The zero-order valence-corrected chi connectivity index (χ0v) is 9.40. The predicted molar refractivity (Wildman–Crippen MR) is 55.6 cm³/mol. The topological polar surface area (TPSA) is 60.8 Å². The summed E-state index contributed by atoms with van der Waals surface area (Å²) in [6, 6.07) is -0.930. The van der Waals surface area contributed by atoms with Gasteiger partial charge in [0.2, 0.25) is 0 Å². The summed E-state index contributed by atoms with van der Waals surface area (Å²) >= 11 is 0. The molecule has 0 saturated heterocycles. The van der Waals surface area contributed by atoms with Crippen molar-refractivity contribution in [1.82, 2.24) is 4.90 Å². The number of carboxylic acid groups (broad SMARTS) is 1. The van der Waals surface area contributed by atoms with Crippen LogP contribution in [0.1, 0.15) is 26.2 Å². The number of hydrogen-bond donors (Lipinski definition) is 2. The van der Waals surface area contributed by atoms with E-state index in [-0.39, 0.29) is 13.2 Å². The van der Waals surface area contributed by atoms with Gasteiger partial charge in [-0.25, -0.2) is 8.78 Å². The molecular formula is C10H19F2NO3. The first kappa shape index (κ1) is 15.2. The minimum absolute atomic E-state index is 0.0367. The smallest absolute Gasteiger partial charge is 0.320 e. The summed E-state index contributed by atoms with van der Waals surface area (Å²) in [6.45, 7) is 0.942. The van der Waals surface area contributed by atoms with E-state index in [2.05, 4.69) is 0 Å². The number of unbranched alkanes of at least 4 members (excludes halogenated alkanes) is 1. The summed E-state index contributed by atoms with van der Waals surface area (Å²) in [7, 11) is 0. The van der Waals surface area contributed by atoms with E-state index in [4.69, 9.17) is 10.2 Å². The van der Waals surface area contributed by atoms with E-state index in [0.717, 1.165) is 11.3 Å². The fraction of sp³-hybridized carbons (Fsp3) is 0.900. The zero-order valence-electron chi connectivity index (χ0n) is 9.40. The average molecular weight is 239 g/mol. The second-order valence-electron chi connectivity index (χ2n) is 3.61. The summed E-state index contributed by atoms with van der Waals surface area (Å²) in [5.41, 5.74) is 0. The van der Waals surface area contributed by atoms with E-state index >= 15 is 0 Å². The Morgan fingerprint density at radius 1 is 1.44 bits per heavy atom. The van der Waals surface area contributed by atoms with Crippen molar-refractivity contribution in [3.05, 3.63) is 0 Å². The number of rotatable bonds is 9. The summed E-state index contributed by atoms with van der Waals surface area (Å²) in [5, 5.41) is 17.7. The van der Waals surface area contributed by atoms with Crippen molar-refractivity contribution < 1.29 is 23.8 Å². The molecule has 2 N–H and O–H groups in total. The van der Waals surface area contributed by atoms with Crippen LogP contribution in [0.2, 0.25) is 0 Å². The first-order valence-electron chi connectivity index (χ1n) is 5.38. The Balaban J connectivity index is 4.45. The minimum Gasteiger partial charge on any atom is -0.480 e. The summed E-state index contributed by atoms with van der Waals surface area (Å²) < 4.78 is 24.5. The van der Waals surface area contributed by atoms with Crippen LogP contribution in [0.3, 0.4) is 0 Å². The molecular weight excluding hydrogens is 220 g/mol. The number of aliphatic hydroxyl groups excluding tert-OH is 1. The van der Waals surface area contributed by atoms with Crippen LogP contribution >= 0.6 is 0 Å². The van der Waals surface area contributed by atoms with Gasteiger partial charge in [-0.05, 0) is 6.42 Å². The van der Waals surface area contributed by atoms with Crippen molar-refractivity contribution in [2.45, 2.75) is 38.7 Å². The Morgan fingerprint density at radius 2 is 2.06 bits per heavy atom. The van der Waals surface area contributed by atoms with E-state index < -0.39 is 25.0 Å². The van der Waals surface area contributed by atoms with Crippen LogP contribution in [-0.2, 0) is 4.79 Å². The summed E-state index contributed by atoms with van der Waals surface area (Å²) in [6.07, 6.45) is -0.776. The number of halogens is 2. The molecule has 0 rings (SSSR count). The third-order valence-electron chi connectivity index (χ3n) is 2.32. The third-order valence-corrected chi connectivity index (χ3v) is 2.32. The fourth-order valence-electron chi connectivity index (χ4n) is 1.54. The molecule has 0 aromatic carbocycles. The number of carboxylic acids is 1.